The number of nitrogens with zero attached hydrogens (tertiary/aromatic N) is 1. The van der Waals surface area contributed by atoms with E-state index in [-0.39, 0.29) is 35.8 Å². The summed E-state index contributed by atoms with van der Waals surface area (Å²) in [7, 11) is 1.72. The molecule has 0 unspecified atom stereocenters. The van der Waals surface area contributed by atoms with Gasteiger partial charge in [0.15, 0.2) is 5.96 Å². The molecule has 0 aliphatic heterocycles. The van der Waals surface area contributed by atoms with E-state index < -0.39 is 0 Å². The van der Waals surface area contributed by atoms with E-state index in [1.54, 1.807) is 7.05 Å². The summed E-state index contributed by atoms with van der Waals surface area (Å²) in [4.78, 5) is 15.5. The van der Waals surface area contributed by atoms with Crippen LogP contribution in [0, 0.1) is 11.8 Å². The van der Waals surface area contributed by atoms with Gasteiger partial charge in [0, 0.05) is 39.2 Å². The van der Waals surface area contributed by atoms with Gasteiger partial charge in [-0.25, -0.2) is 0 Å². The van der Waals surface area contributed by atoms with Gasteiger partial charge in [-0.15, -0.1) is 24.0 Å². The largest absolute Gasteiger partial charge is 0.380 e. The Morgan fingerprint density at radius 3 is 2.14 bits per heavy atom. The Bertz CT molecular complexity index is 310. The van der Waals surface area contributed by atoms with Crippen LogP contribution in [0.4, 0.5) is 0 Å². The number of nitrogens with one attached hydrogen (secondary N) is 3. The van der Waals surface area contributed by atoms with Crippen molar-refractivity contribution in [2.24, 2.45) is 16.8 Å². The number of aliphatic imine (C=N–C) groups is 1. The molecule has 0 atom stereocenters. The molecular formula is C15H33IN4O2. The van der Waals surface area contributed by atoms with E-state index in [4.69, 9.17) is 4.74 Å². The highest BCUT2D eigenvalue weighted by Crippen LogP contribution is 1.98. The van der Waals surface area contributed by atoms with E-state index in [9.17, 15) is 4.79 Å². The van der Waals surface area contributed by atoms with Gasteiger partial charge in [-0.3, -0.25) is 9.79 Å². The third kappa shape index (κ3) is 14.4. The predicted octanol–water partition coefficient (Wildman–Crippen LogP) is 1.60. The number of amides is 1. The SMILES string of the molecule is CN=C(NCCNC(=O)C(C)C)NCCOCCC(C)C.I. The lowest BCUT2D eigenvalue weighted by Gasteiger charge is -2.13. The van der Waals surface area contributed by atoms with E-state index in [0.29, 0.717) is 25.6 Å². The second-order valence-corrected chi connectivity index (χ2v) is 5.67. The Morgan fingerprint density at radius 1 is 1.00 bits per heavy atom. The van der Waals surface area contributed by atoms with Gasteiger partial charge in [-0.1, -0.05) is 27.7 Å². The summed E-state index contributed by atoms with van der Waals surface area (Å²) in [5.41, 5.74) is 0. The molecule has 1 amide bonds. The quantitative estimate of drug-likeness (QED) is 0.214. The van der Waals surface area contributed by atoms with Crippen LogP contribution in [0.25, 0.3) is 0 Å². The molecule has 0 spiro atoms. The molecule has 0 aromatic carbocycles. The second-order valence-electron chi connectivity index (χ2n) is 5.67. The number of hydrogen-bond donors (Lipinski definition) is 3. The minimum absolute atomic E-state index is 0. The number of carbonyl (C=O) groups is 1. The summed E-state index contributed by atoms with van der Waals surface area (Å²) in [5, 5.41) is 9.16. The first kappa shape index (κ1) is 23.7. The molecule has 3 N–H and O–H groups in total. The average molecular weight is 428 g/mol. The van der Waals surface area contributed by atoms with E-state index >= 15 is 0 Å². The molecule has 132 valence electrons. The molecule has 0 aliphatic rings. The summed E-state index contributed by atoms with van der Waals surface area (Å²) in [6, 6.07) is 0. The van der Waals surface area contributed by atoms with Gasteiger partial charge in [0.2, 0.25) is 5.91 Å². The topological polar surface area (TPSA) is 74.8 Å². The Labute approximate surface area is 152 Å². The number of carbonyl (C=O) groups excluding carboxylic acids is 1. The molecule has 0 radical (unpaired) electrons. The first-order valence-electron chi connectivity index (χ1n) is 7.77. The van der Waals surface area contributed by atoms with Crippen LogP contribution in [0.15, 0.2) is 4.99 Å². The normalized spacial score (nSPS) is 11.3. The maximum atomic E-state index is 11.4. The molecule has 0 heterocycles. The van der Waals surface area contributed by atoms with Crippen molar-refractivity contribution in [3.8, 4) is 0 Å². The molecule has 0 bridgehead atoms. The monoisotopic (exact) mass is 428 g/mol. The van der Waals surface area contributed by atoms with Crippen LogP contribution in [-0.2, 0) is 9.53 Å². The molecule has 7 heteroatoms. The summed E-state index contributed by atoms with van der Waals surface area (Å²) in [6.45, 7) is 11.5. The number of hydrogen-bond acceptors (Lipinski definition) is 3. The second kappa shape index (κ2) is 15.3. The molecule has 0 aromatic rings. The van der Waals surface area contributed by atoms with Crippen molar-refractivity contribution in [3.05, 3.63) is 0 Å². The van der Waals surface area contributed by atoms with Gasteiger partial charge in [0.05, 0.1) is 6.61 Å². The fourth-order valence-corrected chi connectivity index (χ4v) is 1.45. The third-order valence-electron chi connectivity index (χ3n) is 2.84. The molecule has 0 aromatic heterocycles. The molecule has 0 saturated heterocycles. The molecule has 0 aliphatic carbocycles. The van der Waals surface area contributed by atoms with Gasteiger partial charge in [-0.05, 0) is 12.3 Å². The fraction of sp³-hybridized carbons (Fsp3) is 0.867. The molecule has 6 nitrogen and oxygen atoms in total. The van der Waals surface area contributed by atoms with Gasteiger partial charge < -0.3 is 20.7 Å². The Kier molecular flexibility index (Phi) is 16.5. The third-order valence-corrected chi connectivity index (χ3v) is 2.84. The van der Waals surface area contributed by atoms with Crippen molar-refractivity contribution in [2.75, 3.05) is 39.9 Å². The predicted molar refractivity (Wildman–Crippen MR) is 103 cm³/mol. The highest BCUT2D eigenvalue weighted by Gasteiger charge is 2.05. The minimum Gasteiger partial charge on any atom is -0.380 e. The zero-order chi connectivity index (χ0) is 16.1. The smallest absolute Gasteiger partial charge is 0.222 e. The maximum absolute atomic E-state index is 11.4. The zero-order valence-corrected chi connectivity index (χ0v) is 16.9. The van der Waals surface area contributed by atoms with E-state index in [1.807, 2.05) is 13.8 Å². The number of halogens is 1. The van der Waals surface area contributed by atoms with Crippen molar-refractivity contribution in [1.29, 1.82) is 0 Å². The highest BCUT2D eigenvalue weighted by atomic mass is 127. The van der Waals surface area contributed by atoms with E-state index in [2.05, 4.69) is 34.8 Å². The Balaban J connectivity index is 0. The summed E-state index contributed by atoms with van der Waals surface area (Å²) >= 11 is 0. The number of rotatable bonds is 10. The van der Waals surface area contributed by atoms with Crippen LogP contribution in [-0.4, -0.2) is 51.8 Å². The molecule has 0 rings (SSSR count). The Morgan fingerprint density at radius 2 is 1.59 bits per heavy atom. The van der Waals surface area contributed by atoms with Gasteiger partial charge in [0.25, 0.3) is 0 Å². The van der Waals surface area contributed by atoms with Gasteiger partial charge >= 0.3 is 0 Å². The molecular weight excluding hydrogens is 395 g/mol. The lowest BCUT2D eigenvalue weighted by atomic mass is 10.1. The number of ether oxygens (including phenoxy) is 1. The van der Waals surface area contributed by atoms with E-state index in [0.717, 1.165) is 25.5 Å². The first-order valence-corrected chi connectivity index (χ1v) is 7.77. The van der Waals surface area contributed by atoms with Crippen LogP contribution in [0.5, 0.6) is 0 Å². The van der Waals surface area contributed by atoms with Crippen LogP contribution >= 0.6 is 24.0 Å². The van der Waals surface area contributed by atoms with Crippen molar-refractivity contribution in [2.45, 2.75) is 34.1 Å². The maximum Gasteiger partial charge on any atom is 0.222 e. The van der Waals surface area contributed by atoms with Crippen molar-refractivity contribution >= 4 is 35.8 Å². The van der Waals surface area contributed by atoms with Crippen LogP contribution in [0.1, 0.15) is 34.1 Å². The van der Waals surface area contributed by atoms with Crippen molar-refractivity contribution < 1.29 is 9.53 Å². The molecule has 0 fully saturated rings. The van der Waals surface area contributed by atoms with Gasteiger partial charge in [0.1, 0.15) is 0 Å². The summed E-state index contributed by atoms with van der Waals surface area (Å²) in [5.74, 6) is 1.48. The fourth-order valence-electron chi connectivity index (χ4n) is 1.45. The standard InChI is InChI=1S/C15H32N4O2.HI/c1-12(2)6-10-21-11-9-19-15(16-5)18-8-7-17-14(20)13(3)4;/h12-13H,6-11H2,1-5H3,(H,17,20)(H2,16,18,19);1H. The van der Waals surface area contributed by atoms with Crippen LogP contribution in [0.3, 0.4) is 0 Å². The summed E-state index contributed by atoms with van der Waals surface area (Å²) in [6.07, 6.45) is 1.09. The Hall–Kier alpha value is -0.570. The minimum atomic E-state index is 0. The molecule has 0 saturated carbocycles. The number of guanidine groups is 1. The van der Waals surface area contributed by atoms with Gasteiger partial charge in [-0.2, -0.15) is 0 Å². The first-order chi connectivity index (χ1) is 9.97. The summed E-state index contributed by atoms with van der Waals surface area (Å²) < 4.78 is 5.52. The average Bonchev–Trinajstić information content (AvgIpc) is 2.43. The highest BCUT2D eigenvalue weighted by molar-refractivity contribution is 14.0. The van der Waals surface area contributed by atoms with Crippen LogP contribution in [0.2, 0.25) is 0 Å². The van der Waals surface area contributed by atoms with Crippen molar-refractivity contribution in [1.82, 2.24) is 16.0 Å². The zero-order valence-electron chi connectivity index (χ0n) is 14.6. The van der Waals surface area contributed by atoms with Crippen LogP contribution < -0.4 is 16.0 Å². The lowest BCUT2D eigenvalue weighted by Crippen LogP contribution is -2.43. The van der Waals surface area contributed by atoms with E-state index in [1.165, 1.54) is 0 Å². The van der Waals surface area contributed by atoms with Crippen molar-refractivity contribution in [3.63, 3.8) is 0 Å². The molecule has 22 heavy (non-hydrogen) atoms. The lowest BCUT2D eigenvalue weighted by molar-refractivity contribution is -0.123.